The Morgan fingerprint density at radius 3 is 2.62 bits per heavy atom. The van der Waals surface area contributed by atoms with Gasteiger partial charge < -0.3 is 4.52 Å². The van der Waals surface area contributed by atoms with Crippen LogP contribution in [0, 0.1) is 6.92 Å². The summed E-state index contributed by atoms with van der Waals surface area (Å²) in [5, 5.41) is 3.72. The lowest BCUT2D eigenvalue weighted by Crippen LogP contribution is -2.11. The average Bonchev–Trinajstić information content (AvgIpc) is 2.30. The molecule has 0 spiro atoms. The van der Waals surface area contributed by atoms with E-state index in [1.165, 1.54) is 0 Å². The van der Waals surface area contributed by atoms with Crippen molar-refractivity contribution in [2.75, 3.05) is 11.0 Å². The molecule has 13 heavy (non-hydrogen) atoms. The summed E-state index contributed by atoms with van der Waals surface area (Å²) in [6, 6.07) is 0. The van der Waals surface area contributed by atoms with Gasteiger partial charge in [0.2, 0.25) is 10.0 Å². The highest BCUT2D eigenvalue weighted by atomic mass is 32.2. The molecule has 5 nitrogen and oxygen atoms in total. The maximum absolute atomic E-state index is 10.9. The zero-order valence-corrected chi connectivity index (χ0v) is 8.60. The highest BCUT2D eigenvalue weighted by molar-refractivity contribution is 7.92. The largest absolute Gasteiger partial charge is 0.359 e. The van der Waals surface area contributed by atoms with Crippen LogP contribution >= 0.6 is 0 Å². The molecule has 0 saturated carbocycles. The Hall–Kier alpha value is -1.04. The molecule has 0 bridgehead atoms. The van der Waals surface area contributed by atoms with Crippen LogP contribution in [-0.4, -0.2) is 19.8 Å². The highest BCUT2D eigenvalue weighted by Crippen LogP contribution is 2.20. The van der Waals surface area contributed by atoms with Gasteiger partial charge in [0.05, 0.1) is 6.26 Å². The van der Waals surface area contributed by atoms with E-state index in [2.05, 4.69) is 9.88 Å². The predicted octanol–water partition coefficient (Wildman–Crippen LogP) is 0.917. The number of aromatic nitrogens is 1. The standard InChI is InChI=1S/C7H12N2O3S/c1-4-6-7(5(2)12-8-6)9-13(3,10)11/h9H,4H2,1-3H3. The van der Waals surface area contributed by atoms with Crippen LogP contribution in [0.4, 0.5) is 5.69 Å². The second-order valence-electron chi connectivity index (χ2n) is 2.79. The molecule has 0 aliphatic carbocycles. The topological polar surface area (TPSA) is 72.2 Å². The first-order chi connectivity index (χ1) is 5.94. The lowest BCUT2D eigenvalue weighted by molar-refractivity contribution is 0.391. The number of nitrogens with zero attached hydrogens (tertiary/aromatic N) is 1. The van der Waals surface area contributed by atoms with Gasteiger partial charge in [-0.05, 0) is 13.3 Å². The van der Waals surface area contributed by atoms with E-state index in [9.17, 15) is 8.42 Å². The van der Waals surface area contributed by atoms with Crippen LogP contribution in [-0.2, 0) is 16.4 Å². The van der Waals surface area contributed by atoms with Crippen molar-refractivity contribution in [2.45, 2.75) is 20.3 Å². The minimum Gasteiger partial charge on any atom is -0.359 e. The van der Waals surface area contributed by atoms with Gasteiger partial charge in [-0.25, -0.2) is 8.42 Å². The van der Waals surface area contributed by atoms with Crippen LogP contribution in [0.5, 0.6) is 0 Å². The molecule has 1 aromatic heterocycles. The summed E-state index contributed by atoms with van der Waals surface area (Å²) in [5.41, 5.74) is 1.09. The maximum Gasteiger partial charge on any atom is 0.229 e. The zero-order chi connectivity index (χ0) is 10.1. The molecule has 0 aromatic carbocycles. The monoisotopic (exact) mass is 204 g/mol. The van der Waals surface area contributed by atoms with Crippen molar-refractivity contribution >= 4 is 15.7 Å². The normalized spacial score (nSPS) is 11.6. The van der Waals surface area contributed by atoms with Crippen LogP contribution in [0.15, 0.2) is 4.52 Å². The number of rotatable bonds is 3. The van der Waals surface area contributed by atoms with Gasteiger partial charge in [0.15, 0.2) is 5.76 Å². The second kappa shape index (κ2) is 3.37. The second-order valence-corrected chi connectivity index (χ2v) is 4.54. The fourth-order valence-electron chi connectivity index (χ4n) is 0.976. The van der Waals surface area contributed by atoms with Crippen LogP contribution in [0.1, 0.15) is 18.4 Å². The molecule has 1 aromatic rings. The van der Waals surface area contributed by atoms with Gasteiger partial charge in [0.25, 0.3) is 0 Å². The highest BCUT2D eigenvalue weighted by Gasteiger charge is 2.14. The number of aryl methyl sites for hydroxylation is 2. The predicted molar refractivity (Wildman–Crippen MR) is 49.1 cm³/mol. The van der Waals surface area contributed by atoms with Crippen LogP contribution in [0.2, 0.25) is 0 Å². The Morgan fingerprint density at radius 2 is 2.15 bits per heavy atom. The van der Waals surface area contributed by atoms with Gasteiger partial charge >= 0.3 is 0 Å². The van der Waals surface area contributed by atoms with E-state index >= 15 is 0 Å². The molecular weight excluding hydrogens is 192 g/mol. The molecule has 1 N–H and O–H groups in total. The molecular formula is C7H12N2O3S. The lowest BCUT2D eigenvalue weighted by Gasteiger charge is -2.01. The van der Waals surface area contributed by atoms with Gasteiger partial charge in [0.1, 0.15) is 11.4 Å². The summed E-state index contributed by atoms with van der Waals surface area (Å²) in [6.07, 6.45) is 1.73. The Morgan fingerprint density at radius 1 is 1.54 bits per heavy atom. The van der Waals surface area contributed by atoms with Crippen LogP contribution < -0.4 is 4.72 Å². The number of hydrogen-bond donors (Lipinski definition) is 1. The summed E-state index contributed by atoms with van der Waals surface area (Å²) >= 11 is 0. The summed E-state index contributed by atoms with van der Waals surface area (Å²) in [5.74, 6) is 0.488. The molecule has 0 radical (unpaired) electrons. The molecule has 1 rings (SSSR count). The maximum atomic E-state index is 10.9. The van der Waals surface area contributed by atoms with Gasteiger partial charge in [0, 0.05) is 0 Å². The number of anilines is 1. The molecule has 0 unspecified atom stereocenters. The molecule has 0 amide bonds. The summed E-state index contributed by atoms with van der Waals surface area (Å²) in [6.45, 7) is 3.55. The van der Waals surface area contributed by atoms with E-state index in [-0.39, 0.29) is 0 Å². The van der Waals surface area contributed by atoms with E-state index in [0.29, 0.717) is 23.6 Å². The minimum atomic E-state index is -3.25. The van der Waals surface area contributed by atoms with Crippen molar-refractivity contribution in [3.8, 4) is 0 Å². The van der Waals surface area contributed by atoms with Gasteiger partial charge in [-0.2, -0.15) is 0 Å². The Bertz CT molecular complexity index is 394. The fourth-order valence-corrected chi connectivity index (χ4v) is 1.61. The van der Waals surface area contributed by atoms with E-state index in [4.69, 9.17) is 4.52 Å². The third-order valence-corrected chi connectivity index (χ3v) is 2.13. The molecule has 74 valence electrons. The Balaban J connectivity index is 3.05. The van der Waals surface area contributed by atoms with E-state index in [1.54, 1.807) is 6.92 Å². The molecule has 1 heterocycles. The van der Waals surface area contributed by atoms with Crippen molar-refractivity contribution in [1.82, 2.24) is 5.16 Å². The van der Waals surface area contributed by atoms with Crippen molar-refractivity contribution < 1.29 is 12.9 Å². The Kier molecular flexibility index (Phi) is 2.60. The van der Waals surface area contributed by atoms with Gasteiger partial charge in [-0.1, -0.05) is 12.1 Å². The Labute approximate surface area is 77.2 Å². The van der Waals surface area contributed by atoms with Crippen molar-refractivity contribution in [2.24, 2.45) is 0 Å². The lowest BCUT2D eigenvalue weighted by atomic mass is 10.3. The smallest absolute Gasteiger partial charge is 0.229 e. The van der Waals surface area contributed by atoms with Crippen LogP contribution in [0.3, 0.4) is 0 Å². The number of hydrogen-bond acceptors (Lipinski definition) is 4. The van der Waals surface area contributed by atoms with Crippen LogP contribution in [0.25, 0.3) is 0 Å². The summed E-state index contributed by atoms with van der Waals surface area (Å²) in [7, 11) is -3.25. The molecule has 0 saturated heterocycles. The molecule has 0 atom stereocenters. The molecule has 0 aliphatic rings. The first-order valence-corrected chi connectivity index (χ1v) is 5.76. The average molecular weight is 204 g/mol. The van der Waals surface area contributed by atoms with E-state index < -0.39 is 10.0 Å². The van der Waals surface area contributed by atoms with Crippen molar-refractivity contribution in [1.29, 1.82) is 0 Å². The fraction of sp³-hybridized carbons (Fsp3) is 0.571. The number of sulfonamides is 1. The SMILES string of the molecule is CCc1noc(C)c1NS(C)(=O)=O. The molecule has 0 fully saturated rings. The van der Waals surface area contributed by atoms with Gasteiger partial charge in [-0.15, -0.1) is 0 Å². The zero-order valence-electron chi connectivity index (χ0n) is 7.79. The first-order valence-electron chi connectivity index (χ1n) is 3.87. The molecule has 0 aliphatic heterocycles. The summed E-state index contributed by atoms with van der Waals surface area (Å²) < 4.78 is 29.1. The van der Waals surface area contributed by atoms with Crippen molar-refractivity contribution in [3.05, 3.63) is 11.5 Å². The van der Waals surface area contributed by atoms with E-state index in [1.807, 2.05) is 6.92 Å². The van der Waals surface area contributed by atoms with E-state index in [0.717, 1.165) is 6.26 Å². The molecule has 6 heteroatoms. The quantitative estimate of drug-likeness (QED) is 0.794. The van der Waals surface area contributed by atoms with Gasteiger partial charge in [-0.3, -0.25) is 4.72 Å². The number of nitrogens with one attached hydrogen (secondary N) is 1. The van der Waals surface area contributed by atoms with Crippen molar-refractivity contribution in [3.63, 3.8) is 0 Å². The summed E-state index contributed by atoms with van der Waals surface area (Å²) in [4.78, 5) is 0. The minimum absolute atomic E-state index is 0.463. The third-order valence-electron chi connectivity index (χ3n) is 1.56. The first kappa shape index (κ1) is 10.0. The third kappa shape index (κ3) is 2.45.